The summed E-state index contributed by atoms with van der Waals surface area (Å²) in [5, 5.41) is 11.6. The van der Waals surface area contributed by atoms with Gasteiger partial charge >= 0.3 is 5.97 Å². The maximum absolute atomic E-state index is 12.3. The molecule has 1 aromatic rings. The number of amides is 2. The maximum Gasteiger partial charge on any atom is 0.308 e. The lowest BCUT2D eigenvalue weighted by Gasteiger charge is -2.21. The smallest absolute Gasteiger partial charge is 0.308 e. The van der Waals surface area contributed by atoms with Crippen LogP contribution >= 0.6 is 0 Å². The number of carbonyl (C=O) groups excluding carboxylic acids is 2. The first-order chi connectivity index (χ1) is 9.75. The molecule has 114 valence electrons. The SMILES string of the molecule is CC(=O)N(C)c1ccccc1C(=O)NC(C)C(C)C(=O)O. The monoisotopic (exact) mass is 292 g/mol. The lowest BCUT2D eigenvalue weighted by atomic mass is 10.0. The number of rotatable bonds is 5. The van der Waals surface area contributed by atoms with Crippen LogP contribution in [-0.2, 0) is 9.59 Å². The number of carboxylic acid groups (broad SMARTS) is 1. The van der Waals surface area contributed by atoms with Gasteiger partial charge in [0.15, 0.2) is 0 Å². The summed E-state index contributed by atoms with van der Waals surface area (Å²) in [4.78, 5) is 36.0. The van der Waals surface area contributed by atoms with Gasteiger partial charge in [-0.05, 0) is 26.0 Å². The topological polar surface area (TPSA) is 86.7 Å². The van der Waals surface area contributed by atoms with Crippen molar-refractivity contribution in [2.75, 3.05) is 11.9 Å². The van der Waals surface area contributed by atoms with E-state index >= 15 is 0 Å². The second kappa shape index (κ2) is 6.88. The zero-order valence-electron chi connectivity index (χ0n) is 12.6. The number of carboxylic acids is 1. The molecule has 0 saturated carbocycles. The van der Waals surface area contributed by atoms with Gasteiger partial charge in [-0.3, -0.25) is 14.4 Å². The number of aliphatic carboxylic acids is 1. The minimum atomic E-state index is -0.975. The third kappa shape index (κ3) is 4.05. The van der Waals surface area contributed by atoms with Gasteiger partial charge in [-0.25, -0.2) is 0 Å². The zero-order chi connectivity index (χ0) is 16.2. The standard InChI is InChI=1S/C15H20N2O4/c1-9(15(20)21)10(2)16-14(19)12-7-5-6-8-13(12)17(4)11(3)18/h5-10H,1-4H3,(H,16,19)(H,20,21). The molecular formula is C15H20N2O4. The highest BCUT2D eigenvalue weighted by Crippen LogP contribution is 2.19. The highest BCUT2D eigenvalue weighted by atomic mass is 16.4. The van der Waals surface area contributed by atoms with Crippen molar-refractivity contribution in [2.24, 2.45) is 5.92 Å². The largest absolute Gasteiger partial charge is 0.481 e. The van der Waals surface area contributed by atoms with E-state index in [4.69, 9.17) is 5.11 Å². The summed E-state index contributed by atoms with van der Waals surface area (Å²) >= 11 is 0. The minimum absolute atomic E-state index is 0.192. The number of hydrogen-bond acceptors (Lipinski definition) is 3. The Labute approximate surface area is 123 Å². The predicted octanol–water partition coefficient (Wildman–Crippen LogP) is 1.51. The Hall–Kier alpha value is -2.37. The fraction of sp³-hybridized carbons (Fsp3) is 0.400. The van der Waals surface area contributed by atoms with Crippen molar-refractivity contribution in [3.63, 3.8) is 0 Å². The highest BCUT2D eigenvalue weighted by molar-refractivity contribution is 6.04. The molecule has 0 fully saturated rings. The minimum Gasteiger partial charge on any atom is -0.481 e. The highest BCUT2D eigenvalue weighted by Gasteiger charge is 2.23. The molecule has 6 nitrogen and oxygen atoms in total. The van der Waals surface area contributed by atoms with Gasteiger partial charge in [0, 0.05) is 20.0 Å². The number of nitrogens with zero attached hydrogens (tertiary/aromatic N) is 1. The van der Waals surface area contributed by atoms with E-state index in [1.54, 1.807) is 38.2 Å². The molecule has 0 aliphatic heterocycles. The van der Waals surface area contributed by atoms with Crippen molar-refractivity contribution in [1.29, 1.82) is 0 Å². The molecule has 2 N–H and O–H groups in total. The van der Waals surface area contributed by atoms with Crippen LogP contribution in [0.15, 0.2) is 24.3 Å². The first-order valence-electron chi connectivity index (χ1n) is 6.62. The average Bonchev–Trinajstić information content (AvgIpc) is 2.45. The average molecular weight is 292 g/mol. The van der Waals surface area contributed by atoms with Crippen molar-refractivity contribution in [1.82, 2.24) is 5.32 Å². The fourth-order valence-electron chi connectivity index (χ4n) is 1.75. The van der Waals surface area contributed by atoms with E-state index in [1.165, 1.54) is 18.7 Å². The fourth-order valence-corrected chi connectivity index (χ4v) is 1.75. The quantitative estimate of drug-likeness (QED) is 0.861. The second-order valence-electron chi connectivity index (χ2n) is 4.98. The lowest BCUT2D eigenvalue weighted by molar-refractivity contribution is -0.141. The molecule has 1 rings (SSSR count). The van der Waals surface area contributed by atoms with Gasteiger partial charge in [0.1, 0.15) is 0 Å². The Morgan fingerprint density at radius 2 is 1.76 bits per heavy atom. The van der Waals surface area contributed by atoms with Crippen molar-refractivity contribution in [3.8, 4) is 0 Å². The Morgan fingerprint density at radius 1 is 1.19 bits per heavy atom. The van der Waals surface area contributed by atoms with Crippen molar-refractivity contribution in [3.05, 3.63) is 29.8 Å². The van der Waals surface area contributed by atoms with Crippen LogP contribution in [-0.4, -0.2) is 36.0 Å². The molecule has 2 unspecified atom stereocenters. The van der Waals surface area contributed by atoms with E-state index in [1.807, 2.05) is 0 Å². The van der Waals surface area contributed by atoms with Crippen LogP contribution in [0.2, 0.25) is 0 Å². The Bertz CT molecular complexity index is 556. The summed E-state index contributed by atoms with van der Waals surface area (Å²) in [6.07, 6.45) is 0. The number of hydrogen-bond donors (Lipinski definition) is 2. The third-order valence-corrected chi connectivity index (χ3v) is 3.48. The molecule has 0 aliphatic rings. The predicted molar refractivity (Wildman–Crippen MR) is 79.3 cm³/mol. The number of nitrogens with one attached hydrogen (secondary N) is 1. The van der Waals surface area contributed by atoms with E-state index in [0.717, 1.165) is 0 Å². The normalized spacial score (nSPS) is 13.1. The molecule has 0 radical (unpaired) electrons. The number of anilines is 1. The molecule has 1 aromatic carbocycles. The van der Waals surface area contributed by atoms with Crippen LogP contribution in [0.5, 0.6) is 0 Å². The van der Waals surface area contributed by atoms with E-state index in [-0.39, 0.29) is 5.91 Å². The van der Waals surface area contributed by atoms with Crippen LogP contribution in [0, 0.1) is 5.92 Å². The molecule has 0 bridgehead atoms. The summed E-state index contributed by atoms with van der Waals surface area (Å²) in [5.74, 6) is -2.27. The molecule has 2 atom stereocenters. The summed E-state index contributed by atoms with van der Waals surface area (Å²) in [6, 6.07) is 6.17. The van der Waals surface area contributed by atoms with Crippen LogP contribution in [0.3, 0.4) is 0 Å². The van der Waals surface area contributed by atoms with Gasteiger partial charge in [-0.2, -0.15) is 0 Å². The van der Waals surface area contributed by atoms with Crippen LogP contribution in [0.1, 0.15) is 31.1 Å². The van der Waals surface area contributed by atoms with Gasteiger partial charge < -0.3 is 15.3 Å². The molecule has 6 heteroatoms. The van der Waals surface area contributed by atoms with Gasteiger partial charge in [0.2, 0.25) is 5.91 Å². The molecule has 2 amide bonds. The van der Waals surface area contributed by atoms with Gasteiger partial charge in [0.05, 0.1) is 17.2 Å². The van der Waals surface area contributed by atoms with Gasteiger partial charge in [-0.15, -0.1) is 0 Å². The van der Waals surface area contributed by atoms with Crippen molar-refractivity contribution >= 4 is 23.5 Å². The van der Waals surface area contributed by atoms with E-state index in [9.17, 15) is 14.4 Å². The molecule has 0 aliphatic carbocycles. The molecule has 0 aromatic heterocycles. The first kappa shape index (κ1) is 16.7. The first-order valence-corrected chi connectivity index (χ1v) is 6.62. The second-order valence-corrected chi connectivity index (χ2v) is 4.98. The summed E-state index contributed by atoms with van der Waals surface area (Å²) in [5.41, 5.74) is 0.817. The molecule has 0 heterocycles. The Morgan fingerprint density at radius 3 is 2.29 bits per heavy atom. The maximum atomic E-state index is 12.3. The van der Waals surface area contributed by atoms with Gasteiger partial charge in [-0.1, -0.05) is 12.1 Å². The van der Waals surface area contributed by atoms with Gasteiger partial charge in [0.25, 0.3) is 5.91 Å². The van der Waals surface area contributed by atoms with Crippen LogP contribution in [0.4, 0.5) is 5.69 Å². The number of para-hydroxylation sites is 1. The molecule has 21 heavy (non-hydrogen) atoms. The van der Waals surface area contributed by atoms with E-state index < -0.39 is 23.8 Å². The molecule has 0 spiro atoms. The summed E-state index contributed by atoms with van der Waals surface area (Å²) in [7, 11) is 1.58. The summed E-state index contributed by atoms with van der Waals surface area (Å²) in [6.45, 7) is 4.57. The number of carbonyl (C=O) groups is 3. The van der Waals surface area contributed by atoms with Crippen LogP contribution in [0.25, 0.3) is 0 Å². The van der Waals surface area contributed by atoms with Crippen molar-refractivity contribution in [2.45, 2.75) is 26.8 Å². The van der Waals surface area contributed by atoms with E-state index in [2.05, 4.69) is 5.32 Å². The lowest BCUT2D eigenvalue weighted by Crippen LogP contribution is -2.40. The Balaban J connectivity index is 2.98. The zero-order valence-corrected chi connectivity index (χ0v) is 12.6. The van der Waals surface area contributed by atoms with Crippen molar-refractivity contribution < 1.29 is 19.5 Å². The third-order valence-electron chi connectivity index (χ3n) is 3.48. The van der Waals surface area contributed by atoms with Crippen LogP contribution < -0.4 is 10.2 Å². The van der Waals surface area contributed by atoms with E-state index in [0.29, 0.717) is 11.3 Å². The molecule has 0 saturated heterocycles. The molecular weight excluding hydrogens is 272 g/mol. The summed E-state index contributed by atoms with van der Waals surface area (Å²) < 4.78 is 0. The number of benzene rings is 1. The Kier molecular flexibility index (Phi) is 5.46.